The van der Waals surface area contributed by atoms with Crippen LogP contribution < -0.4 is 0 Å². The molecule has 0 aromatic heterocycles. The van der Waals surface area contributed by atoms with Gasteiger partial charge in [0.05, 0.1) is 13.2 Å². The Balaban J connectivity index is 3.44. The Morgan fingerprint density at radius 1 is 0.472 bits per heavy atom. The van der Waals surface area contributed by atoms with Crippen molar-refractivity contribution in [1.29, 1.82) is 0 Å². The molecule has 0 aliphatic heterocycles. The van der Waals surface area contributed by atoms with Gasteiger partial charge in [-0.05, 0) is 31.6 Å². The lowest BCUT2D eigenvalue weighted by Crippen LogP contribution is -2.05. The molecule has 4 heteroatoms. The molecule has 0 spiro atoms. The van der Waals surface area contributed by atoms with Gasteiger partial charge in [0.25, 0.3) is 0 Å². The number of esters is 2. The molecule has 0 rings (SSSR count). The van der Waals surface area contributed by atoms with Crippen LogP contribution >= 0.6 is 0 Å². The van der Waals surface area contributed by atoms with Gasteiger partial charge in [-0.15, -0.1) is 0 Å². The minimum absolute atomic E-state index is 0.00592. The first-order chi connectivity index (χ1) is 17.6. The summed E-state index contributed by atoms with van der Waals surface area (Å²) in [5.74, 6) is 0.854. The van der Waals surface area contributed by atoms with Crippen LogP contribution in [-0.2, 0) is 19.1 Å². The molecule has 0 N–H and O–H groups in total. The number of carbonyl (C=O) groups excluding carboxylic acids is 2. The smallest absolute Gasteiger partial charge is 0.305 e. The topological polar surface area (TPSA) is 52.6 Å². The summed E-state index contributed by atoms with van der Waals surface area (Å²) in [7, 11) is 0. The van der Waals surface area contributed by atoms with Gasteiger partial charge in [-0.1, -0.05) is 136 Å². The molecule has 214 valence electrons. The fourth-order valence-electron chi connectivity index (χ4n) is 4.77. The molecule has 0 bridgehead atoms. The van der Waals surface area contributed by atoms with Gasteiger partial charge in [0.15, 0.2) is 0 Å². The maximum absolute atomic E-state index is 11.8. The molecule has 0 radical (unpaired) electrons. The zero-order chi connectivity index (χ0) is 26.5. The molecule has 0 fully saturated rings. The first-order valence-electron chi connectivity index (χ1n) is 15.9. The van der Waals surface area contributed by atoms with Crippen molar-refractivity contribution in [2.24, 2.45) is 5.92 Å². The zero-order valence-electron chi connectivity index (χ0n) is 24.6. The first kappa shape index (κ1) is 34.9. The lowest BCUT2D eigenvalue weighted by Gasteiger charge is -2.14. The van der Waals surface area contributed by atoms with Gasteiger partial charge in [0.1, 0.15) is 0 Å². The van der Waals surface area contributed by atoms with Gasteiger partial charge in [-0.3, -0.25) is 9.59 Å². The normalized spacial score (nSPS) is 12.0. The van der Waals surface area contributed by atoms with Crippen molar-refractivity contribution in [2.75, 3.05) is 13.2 Å². The molecule has 1 atom stereocenters. The molecule has 0 aromatic rings. The number of unbranched alkanes of at least 4 members (excludes halogenated alkanes) is 15. The molecule has 36 heavy (non-hydrogen) atoms. The van der Waals surface area contributed by atoms with E-state index in [1.54, 1.807) is 0 Å². The monoisotopic (exact) mass is 510 g/mol. The van der Waals surface area contributed by atoms with Gasteiger partial charge in [0.2, 0.25) is 0 Å². The third kappa shape index (κ3) is 26.0. The fraction of sp³-hybridized carbons (Fsp3) is 0.938. The Morgan fingerprint density at radius 2 is 0.833 bits per heavy atom. The minimum Gasteiger partial charge on any atom is -0.466 e. The van der Waals surface area contributed by atoms with Crippen molar-refractivity contribution in [2.45, 2.75) is 175 Å². The molecule has 0 aliphatic carbocycles. The summed E-state index contributed by atoms with van der Waals surface area (Å²) >= 11 is 0. The van der Waals surface area contributed by atoms with Crippen LogP contribution in [0.1, 0.15) is 175 Å². The van der Waals surface area contributed by atoms with E-state index in [4.69, 9.17) is 9.47 Å². The third-order valence-electron chi connectivity index (χ3n) is 7.34. The number of rotatable bonds is 28. The second-order valence-electron chi connectivity index (χ2n) is 10.8. The average Bonchev–Trinajstić information content (AvgIpc) is 2.88. The average molecular weight is 511 g/mol. The van der Waals surface area contributed by atoms with Crippen molar-refractivity contribution in [1.82, 2.24) is 0 Å². The summed E-state index contributed by atoms with van der Waals surface area (Å²) in [6.07, 6.45) is 27.8. The fourth-order valence-corrected chi connectivity index (χ4v) is 4.77. The van der Waals surface area contributed by atoms with Gasteiger partial charge in [-0.2, -0.15) is 0 Å². The number of carbonyl (C=O) groups is 2. The van der Waals surface area contributed by atoms with Gasteiger partial charge >= 0.3 is 11.9 Å². The third-order valence-corrected chi connectivity index (χ3v) is 7.34. The molecule has 0 aromatic carbocycles. The van der Waals surface area contributed by atoms with Crippen LogP contribution in [0.5, 0.6) is 0 Å². The van der Waals surface area contributed by atoms with E-state index in [1.807, 2.05) is 0 Å². The Morgan fingerprint density at radius 3 is 1.22 bits per heavy atom. The Labute approximate surface area is 225 Å². The van der Waals surface area contributed by atoms with E-state index in [9.17, 15) is 9.59 Å². The molecule has 0 amide bonds. The molecule has 1 unspecified atom stereocenters. The molecule has 0 aliphatic rings. The van der Waals surface area contributed by atoms with Crippen LogP contribution in [0.4, 0.5) is 0 Å². The van der Waals surface area contributed by atoms with Crippen LogP contribution in [0.25, 0.3) is 0 Å². The van der Waals surface area contributed by atoms with E-state index in [0.29, 0.717) is 26.1 Å². The molecule has 4 nitrogen and oxygen atoms in total. The van der Waals surface area contributed by atoms with Crippen LogP contribution in [0, 0.1) is 5.92 Å². The van der Waals surface area contributed by atoms with Crippen LogP contribution in [0.2, 0.25) is 0 Å². The van der Waals surface area contributed by atoms with Crippen molar-refractivity contribution in [3.63, 3.8) is 0 Å². The number of ether oxygens (including phenoxy) is 2. The maximum atomic E-state index is 11.8. The summed E-state index contributed by atoms with van der Waals surface area (Å²) in [5.41, 5.74) is 0. The van der Waals surface area contributed by atoms with Gasteiger partial charge in [-0.25, -0.2) is 0 Å². The Bertz CT molecular complexity index is 477. The number of hydrogen-bond acceptors (Lipinski definition) is 4. The molecular weight excluding hydrogens is 448 g/mol. The summed E-state index contributed by atoms with van der Waals surface area (Å²) in [4.78, 5) is 23.5. The summed E-state index contributed by atoms with van der Waals surface area (Å²) in [6.45, 7) is 7.93. The van der Waals surface area contributed by atoms with E-state index in [1.165, 1.54) is 103 Å². The van der Waals surface area contributed by atoms with Crippen LogP contribution in [0.15, 0.2) is 0 Å². The molecule has 0 heterocycles. The largest absolute Gasteiger partial charge is 0.466 e. The van der Waals surface area contributed by atoms with E-state index in [2.05, 4.69) is 20.8 Å². The quantitative estimate of drug-likeness (QED) is 0.0776. The lowest BCUT2D eigenvalue weighted by molar-refractivity contribution is -0.144. The van der Waals surface area contributed by atoms with Gasteiger partial charge < -0.3 is 9.47 Å². The second kappa shape index (κ2) is 28.5. The lowest BCUT2D eigenvalue weighted by atomic mass is 9.92. The van der Waals surface area contributed by atoms with Crippen molar-refractivity contribution < 1.29 is 19.1 Å². The summed E-state index contributed by atoms with van der Waals surface area (Å²) < 4.78 is 10.6. The maximum Gasteiger partial charge on any atom is 0.305 e. The second-order valence-corrected chi connectivity index (χ2v) is 10.8. The summed E-state index contributed by atoms with van der Waals surface area (Å²) in [6, 6.07) is 0. The standard InChI is InChI=1S/C32H62O4/c1-4-7-9-22-28-35-31(33)26-20-15-13-11-12-14-18-24-30(6-3)25-19-16-17-21-27-32(34)36-29-23-10-8-5-2/h30H,4-29H2,1-3H3. The van der Waals surface area contributed by atoms with E-state index in [0.717, 1.165) is 44.4 Å². The SMILES string of the molecule is CCCCCCOC(=O)CCCCCCCCCC(CC)CCCCCCC(=O)OCCCCCC. The highest BCUT2D eigenvalue weighted by molar-refractivity contribution is 5.69. The first-order valence-corrected chi connectivity index (χ1v) is 15.9. The Hall–Kier alpha value is -1.06. The predicted molar refractivity (Wildman–Crippen MR) is 153 cm³/mol. The molecular formula is C32H62O4. The van der Waals surface area contributed by atoms with Gasteiger partial charge in [0, 0.05) is 12.8 Å². The highest BCUT2D eigenvalue weighted by Gasteiger charge is 2.07. The molecule has 0 saturated heterocycles. The van der Waals surface area contributed by atoms with Crippen LogP contribution in [-0.4, -0.2) is 25.2 Å². The highest BCUT2D eigenvalue weighted by atomic mass is 16.5. The van der Waals surface area contributed by atoms with E-state index in [-0.39, 0.29) is 11.9 Å². The minimum atomic E-state index is -0.00669. The summed E-state index contributed by atoms with van der Waals surface area (Å²) in [5, 5.41) is 0. The van der Waals surface area contributed by atoms with Crippen LogP contribution in [0.3, 0.4) is 0 Å². The predicted octanol–water partition coefficient (Wildman–Crippen LogP) is 10.1. The van der Waals surface area contributed by atoms with Crippen molar-refractivity contribution in [3.05, 3.63) is 0 Å². The molecule has 0 saturated carbocycles. The number of hydrogen-bond donors (Lipinski definition) is 0. The van der Waals surface area contributed by atoms with E-state index < -0.39 is 0 Å². The van der Waals surface area contributed by atoms with Crippen molar-refractivity contribution >= 4 is 11.9 Å². The highest BCUT2D eigenvalue weighted by Crippen LogP contribution is 2.21. The van der Waals surface area contributed by atoms with Crippen molar-refractivity contribution in [3.8, 4) is 0 Å². The zero-order valence-corrected chi connectivity index (χ0v) is 24.6. The Kier molecular flexibility index (Phi) is 27.7. The van der Waals surface area contributed by atoms with E-state index >= 15 is 0 Å².